The highest BCUT2D eigenvalue weighted by Crippen LogP contribution is 2.27. The van der Waals surface area contributed by atoms with E-state index in [0.29, 0.717) is 23.4 Å². The molecule has 4 rings (SSSR count). The van der Waals surface area contributed by atoms with Gasteiger partial charge in [-0.2, -0.15) is 0 Å². The molecule has 0 radical (unpaired) electrons. The number of piperazine rings is 1. The summed E-state index contributed by atoms with van der Waals surface area (Å²) in [6.07, 6.45) is -0.868. The number of anilines is 1. The molecule has 1 aliphatic rings. The highest BCUT2D eigenvalue weighted by Gasteiger charge is 2.28. The molecule has 1 aliphatic heterocycles. The number of carbonyl (C=O) groups is 2. The van der Waals surface area contributed by atoms with Crippen molar-refractivity contribution in [2.24, 2.45) is 0 Å². The predicted octanol–water partition coefficient (Wildman–Crippen LogP) is 3.93. The molecule has 7 heteroatoms. The summed E-state index contributed by atoms with van der Waals surface area (Å²) in [5, 5.41) is 0.651. The van der Waals surface area contributed by atoms with Crippen LogP contribution in [0, 0.1) is 5.82 Å². The lowest BCUT2D eigenvalue weighted by Gasteiger charge is -2.37. The highest BCUT2D eigenvalue weighted by molar-refractivity contribution is 7.20. The zero-order valence-corrected chi connectivity index (χ0v) is 16.8. The van der Waals surface area contributed by atoms with Gasteiger partial charge in [-0.25, -0.2) is 9.18 Å². The van der Waals surface area contributed by atoms with Crippen LogP contribution in [0.2, 0.25) is 0 Å². The van der Waals surface area contributed by atoms with Crippen molar-refractivity contribution in [1.82, 2.24) is 4.90 Å². The minimum Gasteiger partial charge on any atom is -0.448 e. The molecule has 1 atom stereocenters. The molecule has 2 heterocycles. The van der Waals surface area contributed by atoms with Gasteiger partial charge in [0.1, 0.15) is 10.7 Å². The Morgan fingerprint density at radius 1 is 1.03 bits per heavy atom. The van der Waals surface area contributed by atoms with Crippen LogP contribution in [0.15, 0.2) is 54.6 Å². The Bertz CT molecular complexity index is 1030. The molecule has 29 heavy (non-hydrogen) atoms. The van der Waals surface area contributed by atoms with Crippen molar-refractivity contribution in [2.75, 3.05) is 31.1 Å². The van der Waals surface area contributed by atoms with E-state index in [2.05, 4.69) is 17.0 Å². The van der Waals surface area contributed by atoms with E-state index in [1.807, 2.05) is 18.2 Å². The number of carbonyl (C=O) groups excluding carboxylic acids is 2. The van der Waals surface area contributed by atoms with Gasteiger partial charge in [0.05, 0.1) is 0 Å². The summed E-state index contributed by atoms with van der Waals surface area (Å²) in [4.78, 5) is 29.5. The second kappa shape index (κ2) is 8.21. The largest absolute Gasteiger partial charge is 0.448 e. The fraction of sp³-hybridized carbons (Fsp3) is 0.273. The molecule has 1 saturated heterocycles. The minimum absolute atomic E-state index is 0.196. The Kier molecular flexibility index (Phi) is 5.49. The first-order valence-electron chi connectivity index (χ1n) is 9.50. The fourth-order valence-corrected chi connectivity index (χ4v) is 4.39. The summed E-state index contributed by atoms with van der Waals surface area (Å²) in [5.74, 6) is -1.11. The third-order valence-electron chi connectivity index (χ3n) is 5.02. The zero-order chi connectivity index (χ0) is 20.4. The van der Waals surface area contributed by atoms with E-state index in [9.17, 15) is 14.0 Å². The zero-order valence-electron chi connectivity index (χ0n) is 16.0. The van der Waals surface area contributed by atoms with Gasteiger partial charge in [-0.05, 0) is 48.7 Å². The normalized spacial score (nSPS) is 15.4. The second-order valence-electron chi connectivity index (χ2n) is 6.99. The third kappa shape index (κ3) is 4.24. The van der Waals surface area contributed by atoms with Crippen molar-refractivity contribution in [3.05, 3.63) is 65.3 Å². The van der Waals surface area contributed by atoms with E-state index in [-0.39, 0.29) is 11.7 Å². The van der Waals surface area contributed by atoms with Crippen molar-refractivity contribution in [1.29, 1.82) is 0 Å². The maximum Gasteiger partial charge on any atom is 0.349 e. The number of esters is 1. The summed E-state index contributed by atoms with van der Waals surface area (Å²) in [7, 11) is 0. The lowest BCUT2D eigenvalue weighted by Crippen LogP contribution is -2.51. The minimum atomic E-state index is -0.868. The Morgan fingerprint density at radius 2 is 1.76 bits per heavy atom. The number of hydrogen-bond acceptors (Lipinski definition) is 5. The van der Waals surface area contributed by atoms with Crippen LogP contribution < -0.4 is 4.90 Å². The Morgan fingerprint density at radius 3 is 2.48 bits per heavy atom. The third-order valence-corrected chi connectivity index (χ3v) is 6.12. The van der Waals surface area contributed by atoms with E-state index in [1.54, 1.807) is 24.0 Å². The number of hydrogen-bond donors (Lipinski definition) is 0. The molecule has 150 valence electrons. The Labute approximate surface area is 172 Å². The topological polar surface area (TPSA) is 49.9 Å². The lowest BCUT2D eigenvalue weighted by molar-refractivity contribution is -0.140. The van der Waals surface area contributed by atoms with E-state index in [0.717, 1.165) is 23.5 Å². The first kappa shape index (κ1) is 19.4. The van der Waals surface area contributed by atoms with Crippen LogP contribution in [0.1, 0.15) is 16.6 Å². The van der Waals surface area contributed by atoms with Gasteiger partial charge in [-0.1, -0.05) is 18.2 Å². The average molecular weight is 412 g/mol. The second-order valence-corrected chi connectivity index (χ2v) is 8.07. The van der Waals surface area contributed by atoms with Gasteiger partial charge in [0.15, 0.2) is 6.10 Å². The molecule has 2 aromatic carbocycles. The molecule has 0 bridgehead atoms. The Hall–Kier alpha value is -2.93. The molecular weight excluding hydrogens is 391 g/mol. The average Bonchev–Trinajstić information content (AvgIpc) is 3.17. The monoisotopic (exact) mass is 412 g/mol. The molecule has 3 aromatic rings. The van der Waals surface area contributed by atoms with Crippen LogP contribution >= 0.6 is 11.3 Å². The fourth-order valence-electron chi connectivity index (χ4n) is 3.46. The number of benzene rings is 2. The van der Waals surface area contributed by atoms with E-state index < -0.39 is 12.1 Å². The van der Waals surface area contributed by atoms with Crippen LogP contribution in [0.4, 0.5) is 10.1 Å². The quantitative estimate of drug-likeness (QED) is 0.609. The molecule has 0 spiro atoms. The van der Waals surface area contributed by atoms with Crippen molar-refractivity contribution in [3.63, 3.8) is 0 Å². The van der Waals surface area contributed by atoms with Gasteiger partial charge < -0.3 is 14.5 Å². The van der Waals surface area contributed by atoms with Crippen LogP contribution in [0.25, 0.3) is 10.1 Å². The number of rotatable bonds is 4. The standard InChI is InChI=1S/C22H21FN2O3S/c1-15(28-22(27)20-14-16-13-17(23)7-8-19(16)29-20)21(26)25-11-9-24(10-12-25)18-5-3-2-4-6-18/h2-8,13-15H,9-12H2,1H3/t15-/m1/s1. The van der Waals surface area contributed by atoms with E-state index in [1.165, 1.54) is 23.5 Å². The number of para-hydroxylation sites is 1. The van der Waals surface area contributed by atoms with Gasteiger partial charge in [0, 0.05) is 36.6 Å². The molecule has 1 fully saturated rings. The van der Waals surface area contributed by atoms with Gasteiger partial charge in [-0.15, -0.1) is 11.3 Å². The van der Waals surface area contributed by atoms with Gasteiger partial charge in [0.2, 0.25) is 0 Å². The summed E-state index contributed by atoms with van der Waals surface area (Å²) < 4.78 is 19.5. The molecule has 0 aliphatic carbocycles. The summed E-state index contributed by atoms with van der Waals surface area (Å²) in [6, 6.07) is 16.0. The molecule has 5 nitrogen and oxygen atoms in total. The molecule has 0 unspecified atom stereocenters. The lowest BCUT2D eigenvalue weighted by atomic mass is 10.2. The van der Waals surface area contributed by atoms with E-state index in [4.69, 9.17) is 4.74 Å². The number of amides is 1. The SMILES string of the molecule is C[C@@H](OC(=O)c1cc2cc(F)ccc2s1)C(=O)N1CCN(c2ccccc2)CC1. The molecule has 1 amide bonds. The van der Waals surface area contributed by atoms with Crippen LogP contribution in [-0.4, -0.2) is 49.1 Å². The number of halogens is 1. The van der Waals surface area contributed by atoms with Gasteiger partial charge in [0.25, 0.3) is 5.91 Å². The van der Waals surface area contributed by atoms with Crippen molar-refractivity contribution in [3.8, 4) is 0 Å². The maximum absolute atomic E-state index is 13.3. The van der Waals surface area contributed by atoms with E-state index >= 15 is 0 Å². The van der Waals surface area contributed by atoms with Crippen LogP contribution in [0.5, 0.6) is 0 Å². The smallest absolute Gasteiger partial charge is 0.349 e. The first-order valence-corrected chi connectivity index (χ1v) is 10.3. The predicted molar refractivity (Wildman–Crippen MR) is 112 cm³/mol. The molecule has 0 saturated carbocycles. The van der Waals surface area contributed by atoms with Crippen molar-refractivity contribution < 1.29 is 18.7 Å². The Balaban J connectivity index is 1.35. The molecular formula is C22H21FN2O3S. The van der Waals surface area contributed by atoms with Gasteiger partial charge >= 0.3 is 5.97 Å². The number of fused-ring (bicyclic) bond motifs is 1. The highest BCUT2D eigenvalue weighted by atomic mass is 32.1. The van der Waals surface area contributed by atoms with Gasteiger partial charge in [-0.3, -0.25) is 4.79 Å². The van der Waals surface area contributed by atoms with Crippen molar-refractivity contribution >= 4 is 39.0 Å². The summed E-state index contributed by atoms with van der Waals surface area (Å²) in [5.41, 5.74) is 1.14. The number of thiophene rings is 1. The number of nitrogens with zero attached hydrogens (tertiary/aromatic N) is 2. The molecule has 0 N–H and O–H groups in total. The van der Waals surface area contributed by atoms with Crippen molar-refractivity contribution in [2.45, 2.75) is 13.0 Å². The number of ether oxygens (including phenoxy) is 1. The molecule has 1 aromatic heterocycles. The van der Waals surface area contributed by atoms with Crippen LogP contribution in [-0.2, 0) is 9.53 Å². The summed E-state index contributed by atoms with van der Waals surface area (Å²) >= 11 is 1.23. The maximum atomic E-state index is 13.3. The van der Waals surface area contributed by atoms with Crippen LogP contribution in [0.3, 0.4) is 0 Å². The first-order chi connectivity index (χ1) is 14.0. The summed E-state index contributed by atoms with van der Waals surface area (Å²) in [6.45, 7) is 4.23.